The van der Waals surface area contributed by atoms with Crippen molar-refractivity contribution in [1.29, 1.82) is 0 Å². The van der Waals surface area contributed by atoms with Crippen LogP contribution in [0.1, 0.15) is 10.5 Å². The number of ether oxygens (including phenoxy) is 1. The van der Waals surface area contributed by atoms with Gasteiger partial charge in [0.25, 0.3) is 5.91 Å². The Bertz CT molecular complexity index is 339. The monoisotopic (exact) mass is 197 g/mol. The SMILES string of the molecule is CON(C)C(=O)c1cc2n(n1)CCO2. The molecule has 0 saturated heterocycles. The second kappa shape index (κ2) is 3.30. The molecule has 0 bridgehead atoms. The summed E-state index contributed by atoms with van der Waals surface area (Å²) in [5.41, 5.74) is 0.337. The van der Waals surface area contributed by atoms with Crippen LogP contribution in [0.15, 0.2) is 6.07 Å². The molecule has 0 radical (unpaired) electrons. The first-order valence-corrected chi connectivity index (χ1v) is 4.25. The quantitative estimate of drug-likeness (QED) is 0.622. The van der Waals surface area contributed by atoms with Crippen LogP contribution in [0, 0.1) is 0 Å². The van der Waals surface area contributed by atoms with Crippen LogP contribution in [0.4, 0.5) is 0 Å². The van der Waals surface area contributed by atoms with E-state index in [2.05, 4.69) is 5.10 Å². The molecule has 0 aliphatic carbocycles. The zero-order chi connectivity index (χ0) is 10.1. The smallest absolute Gasteiger partial charge is 0.297 e. The highest BCUT2D eigenvalue weighted by Crippen LogP contribution is 2.18. The Morgan fingerprint density at radius 2 is 2.57 bits per heavy atom. The molecule has 6 nitrogen and oxygen atoms in total. The van der Waals surface area contributed by atoms with Crippen LogP contribution < -0.4 is 4.74 Å². The first kappa shape index (κ1) is 9.01. The van der Waals surface area contributed by atoms with Gasteiger partial charge in [0.05, 0.1) is 13.7 Å². The van der Waals surface area contributed by atoms with Crippen molar-refractivity contribution in [2.45, 2.75) is 6.54 Å². The molecule has 0 atom stereocenters. The van der Waals surface area contributed by atoms with Crippen molar-refractivity contribution in [3.63, 3.8) is 0 Å². The van der Waals surface area contributed by atoms with E-state index in [1.54, 1.807) is 10.7 Å². The second-order valence-electron chi connectivity index (χ2n) is 2.92. The summed E-state index contributed by atoms with van der Waals surface area (Å²) in [6.45, 7) is 1.32. The van der Waals surface area contributed by atoms with Crippen molar-refractivity contribution in [2.75, 3.05) is 20.8 Å². The summed E-state index contributed by atoms with van der Waals surface area (Å²) in [4.78, 5) is 16.3. The molecule has 0 fully saturated rings. The van der Waals surface area contributed by atoms with Crippen molar-refractivity contribution in [1.82, 2.24) is 14.8 Å². The number of carbonyl (C=O) groups is 1. The van der Waals surface area contributed by atoms with Gasteiger partial charge in [-0.3, -0.25) is 9.63 Å². The van der Waals surface area contributed by atoms with Gasteiger partial charge >= 0.3 is 0 Å². The number of nitrogens with zero attached hydrogens (tertiary/aromatic N) is 3. The minimum absolute atomic E-state index is 0.280. The average molecular weight is 197 g/mol. The normalized spacial score (nSPS) is 13.6. The molecule has 1 aromatic rings. The molecule has 1 aromatic heterocycles. The maximum absolute atomic E-state index is 11.6. The Kier molecular flexibility index (Phi) is 2.12. The van der Waals surface area contributed by atoms with Gasteiger partial charge in [0, 0.05) is 13.1 Å². The van der Waals surface area contributed by atoms with Crippen molar-refractivity contribution in [3.8, 4) is 5.88 Å². The van der Waals surface area contributed by atoms with Gasteiger partial charge in [-0.15, -0.1) is 0 Å². The van der Waals surface area contributed by atoms with Gasteiger partial charge in [-0.05, 0) is 0 Å². The topological polar surface area (TPSA) is 56.6 Å². The molecule has 1 aliphatic rings. The summed E-state index contributed by atoms with van der Waals surface area (Å²) in [6, 6.07) is 1.62. The highest BCUT2D eigenvalue weighted by molar-refractivity contribution is 5.91. The summed E-state index contributed by atoms with van der Waals surface area (Å²) >= 11 is 0. The lowest BCUT2D eigenvalue weighted by Crippen LogP contribution is -2.26. The predicted octanol–water partition coefficient (Wildman–Crippen LogP) is -0.0911. The summed E-state index contributed by atoms with van der Waals surface area (Å²) in [5.74, 6) is 0.357. The van der Waals surface area contributed by atoms with Gasteiger partial charge in [-0.2, -0.15) is 5.10 Å². The predicted molar refractivity (Wildman–Crippen MR) is 46.8 cm³/mol. The van der Waals surface area contributed by atoms with Crippen LogP contribution in [-0.4, -0.2) is 41.5 Å². The number of hydrogen-bond acceptors (Lipinski definition) is 4. The zero-order valence-corrected chi connectivity index (χ0v) is 8.06. The van der Waals surface area contributed by atoms with Crippen LogP contribution in [0.25, 0.3) is 0 Å². The summed E-state index contributed by atoms with van der Waals surface area (Å²) in [6.07, 6.45) is 0. The highest BCUT2D eigenvalue weighted by Gasteiger charge is 2.21. The zero-order valence-electron chi connectivity index (χ0n) is 8.06. The van der Waals surface area contributed by atoms with Crippen molar-refractivity contribution < 1.29 is 14.4 Å². The molecule has 2 rings (SSSR count). The van der Waals surface area contributed by atoms with E-state index in [0.717, 1.165) is 5.06 Å². The van der Waals surface area contributed by atoms with Gasteiger partial charge in [0.1, 0.15) is 6.61 Å². The third-order valence-corrected chi connectivity index (χ3v) is 2.08. The van der Waals surface area contributed by atoms with Crippen LogP contribution in [0.5, 0.6) is 5.88 Å². The number of fused-ring (bicyclic) bond motifs is 1. The molecule has 6 heteroatoms. The van der Waals surface area contributed by atoms with Crippen molar-refractivity contribution in [3.05, 3.63) is 11.8 Å². The molecule has 0 N–H and O–H groups in total. The molecule has 0 unspecified atom stereocenters. The minimum atomic E-state index is -0.280. The van der Waals surface area contributed by atoms with Crippen LogP contribution in [-0.2, 0) is 11.4 Å². The van der Waals surface area contributed by atoms with Crippen LogP contribution >= 0.6 is 0 Å². The Balaban J connectivity index is 2.21. The van der Waals surface area contributed by atoms with Gasteiger partial charge in [-0.1, -0.05) is 0 Å². The molecule has 2 heterocycles. The molecule has 0 aromatic carbocycles. The fourth-order valence-corrected chi connectivity index (χ4v) is 1.26. The summed E-state index contributed by atoms with van der Waals surface area (Å²) < 4.78 is 6.89. The number of rotatable bonds is 2. The molecule has 0 spiro atoms. The average Bonchev–Trinajstić information content (AvgIpc) is 2.74. The number of amides is 1. The Labute approximate surface area is 81.0 Å². The fourth-order valence-electron chi connectivity index (χ4n) is 1.26. The van der Waals surface area contributed by atoms with Crippen molar-refractivity contribution in [2.24, 2.45) is 0 Å². The lowest BCUT2D eigenvalue weighted by molar-refractivity contribution is -0.0761. The van der Waals surface area contributed by atoms with Crippen LogP contribution in [0.3, 0.4) is 0 Å². The standard InChI is InChI=1S/C8H11N3O3/c1-10(13-2)8(12)6-5-7-11(9-6)3-4-14-7/h5H,3-4H2,1-2H3. The molecule has 0 saturated carbocycles. The van der Waals surface area contributed by atoms with E-state index in [0.29, 0.717) is 24.7 Å². The summed E-state index contributed by atoms with van der Waals surface area (Å²) in [7, 11) is 2.96. The largest absolute Gasteiger partial charge is 0.476 e. The molecule has 76 valence electrons. The lowest BCUT2D eigenvalue weighted by Gasteiger charge is -2.10. The molecule has 1 amide bonds. The number of aromatic nitrogens is 2. The number of hydroxylamine groups is 2. The first-order valence-electron chi connectivity index (χ1n) is 4.25. The number of carbonyl (C=O) groups excluding carboxylic acids is 1. The van der Waals surface area contributed by atoms with E-state index in [9.17, 15) is 4.79 Å². The third-order valence-electron chi connectivity index (χ3n) is 2.08. The van der Waals surface area contributed by atoms with Crippen LogP contribution in [0.2, 0.25) is 0 Å². The van der Waals surface area contributed by atoms with Gasteiger partial charge in [-0.25, -0.2) is 9.75 Å². The molecular weight excluding hydrogens is 186 g/mol. The van der Waals surface area contributed by atoms with E-state index >= 15 is 0 Å². The first-order chi connectivity index (χ1) is 6.72. The highest BCUT2D eigenvalue weighted by atomic mass is 16.7. The van der Waals surface area contributed by atoms with E-state index in [-0.39, 0.29) is 5.91 Å². The molecule has 1 aliphatic heterocycles. The van der Waals surface area contributed by atoms with Crippen molar-refractivity contribution >= 4 is 5.91 Å². The number of hydrogen-bond donors (Lipinski definition) is 0. The second-order valence-corrected chi connectivity index (χ2v) is 2.92. The third kappa shape index (κ3) is 1.33. The van der Waals surface area contributed by atoms with Gasteiger partial charge < -0.3 is 4.74 Å². The van der Waals surface area contributed by atoms with E-state index in [4.69, 9.17) is 9.57 Å². The maximum atomic E-state index is 11.6. The summed E-state index contributed by atoms with van der Waals surface area (Å²) in [5, 5.41) is 5.20. The Hall–Kier alpha value is -1.56. The van der Waals surface area contributed by atoms with E-state index < -0.39 is 0 Å². The maximum Gasteiger partial charge on any atom is 0.297 e. The van der Waals surface area contributed by atoms with E-state index in [1.165, 1.54) is 14.2 Å². The molecular formula is C8H11N3O3. The Morgan fingerprint density at radius 1 is 1.79 bits per heavy atom. The Morgan fingerprint density at radius 3 is 3.21 bits per heavy atom. The molecule has 14 heavy (non-hydrogen) atoms. The van der Waals surface area contributed by atoms with E-state index in [1.807, 2.05) is 0 Å². The minimum Gasteiger partial charge on any atom is -0.476 e. The fraction of sp³-hybridized carbons (Fsp3) is 0.500. The lowest BCUT2D eigenvalue weighted by atomic mass is 10.4. The van der Waals surface area contributed by atoms with Gasteiger partial charge in [0.15, 0.2) is 5.69 Å². The van der Waals surface area contributed by atoms with Gasteiger partial charge in [0.2, 0.25) is 5.88 Å².